The number of aryl methyl sites for hydroxylation is 1. The lowest BCUT2D eigenvalue weighted by atomic mass is 9.61. The highest BCUT2D eigenvalue weighted by Crippen LogP contribution is 2.49. The van der Waals surface area contributed by atoms with Crippen LogP contribution in [-0.4, -0.2) is 6.61 Å². The molecule has 0 aliphatic heterocycles. The molecule has 4 rings (SSSR count). The minimum absolute atomic E-state index is 0.603. The van der Waals surface area contributed by atoms with E-state index in [9.17, 15) is 0 Å². The monoisotopic (exact) mass is 394 g/mol. The summed E-state index contributed by atoms with van der Waals surface area (Å²) in [7, 11) is 0. The fraction of sp³-hybridized carbons (Fsp3) is 0.714. The lowest BCUT2D eigenvalue weighted by Gasteiger charge is -2.45. The van der Waals surface area contributed by atoms with E-state index in [1.165, 1.54) is 82.6 Å². The molecule has 0 spiro atoms. The molecular formula is C28H42O. The minimum Gasteiger partial charge on any atom is -0.490 e. The number of ether oxygens (including phenoxy) is 1. The summed E-state index contributed by atoms with van der Waals surface area (Å²) in [5.41, 5.74) is 3.12. The third-order valence-electron chi connectivity index (χ3n) is 8.46. The smallest absolute Gasteiger partial charge is 0.120 e. The molecule has 5 atom stereocenters. The molecule has 0 saturated heterocycles. The van der Waals surface area contributed by atoms with E-state index in [1.807, 2.05) is 6.08 Å². The average Bonchev–Trinajstić information content (AvgIpc) is 2.77. The van der Waals surface area contributed by atoms with Crippen molar-refractivity contribution in [3.8, 4) is 5.75 Å². The van der Waals surface area contributed by atoms with E-state index in [2.05, 4.69) is 31.7 Å². The second-order valence-corrected chi connectivity index (χ2v) is 10.3. The van der Waals surface area contributed by atoms with Gasteiger partial charge in [-0.1, -0.05) is 57.7 Å². The van der Waals surface area contributed by atoms with Gasteiger partial charge in [0, 0.05) is 0 Å². The zero-order valence-electron chi connectivity index (χ0n) is 18.7. The zero-order valence-corrected chi connectivity index (χ0v) is 18.7. The fourth-order valence-corrected chi connectivity index (χ4v) is 6.80. The number of unbranched alkanes of at least 4 members (excludes halogenated alkanes) is 2. The molecule has 0 N–H and O–H groups in total. The van der Waals surface area contributed by atoms with Gasteiger partial charge in [-0.15, -0.1) is 0 Å². The van der Waals surface area contributed by atoms with Crippen molar-refractivity contribution in [2.24, 2.45) is 29.6 Å². The number of benzene rings is 1. The van der Waals surface area contributed by atoms with Crippen LogP contribution in [0, 0.1) is 29.6 Å². The van der Waals surface area contributed by atoms with Crippen LogP contribution in [0.25, 0.3) is 0 Å². The molecule has 5 unspecified atom stereocenters. The van der Waals surface area contributed by atoms with Crippen molar-refractivity contribution in [3.63, 3.8) is 0 Å². The molecule has 0 aromatic heterocycles. The third kappa shape index (κ3) is 5.28. The lowest BCUT2D eigenvalue weighted by Crippen LogP contribution is -2.35. The van der Waals surface area contributed by atoms with Crippen LogP contribution in [0.2, 0.25) is 0 Å². The summed E-state index contributed by atoms with van der Waals surface area (Å²) in [5, 5.41) is 0. The Bertz CT molecular complexity index is 662. The quantitative estimate of drug-likeness (QED) is 0.323. The van der Waals surface area contributed by atoms with E-state index in [4.69, 9.17) is 4.74 Å². The van der Waals surface area contributed by atoms with E-state index in [0.717, 1.165) is 35.3 Å². The van der Waals surface area contributed by atoms with Crippen LogP contribution in [0.1, 0.15) is 88.7 Å². The maximum absolute atomic E-state index is 5.74. The van der Waals surface area contributed by atoms with Crippen molar-refractivity contribution < 1.29 is 4.74 Å². The minimum atomic E-state index is 0.603. The highest BCUT2D eigenvalue weighted by Gasteiger charge is 2.38. The molecular weight excluding hydrogens is 352 g/mol. The molecule has 160 valence electrons. The van der Waals surface area contributed by atoms with E-state index in [-0.39, 0.29) is 0 Å². The molecule has 0 heterocycles. The Morgan fingerprint density at radius 1 is 0.931 bits per heavy atom. The maximum atomic E-state index is 5.74. The first-order valence-electron chi connectivity index (χ1n) is 12.6. The van der Waals surface area contributed by atoms with E-state index >= 15 is 0 Å². The average molecular weight is 395 g/mol. The lowest BCUT2D eigenvalue weighted by molar-refractivity contribution is 0.0690. The summed E-state index contributed by atoms with van der Waals surface area (Å²) in [4.78, 5) is 0. The van der Waals surface area contributed by atoms with Crippen LogP contribution in [-0.2, 0) is 12.8 Å². The van der Waals surface area contributed by atoms with Crippen molar-refractivity contribution in [3.05, 3.63) is 42.0 Å². The van der Waals surface area contributed by atoms with Crippen molar-refractivity contribution in [1.29, 1.82) is 0 Å². The van der Waals surface area contributed by atoms with Gasteiger partial charge in [0.15, 0.2) is 0 Å². The first-order valence-corrected chi connectivity index (χ1v) is 12.6. The molecule has 1 aromatic carbocycles. The van der Waals surface area contributed by atoms with Crippen molar-refractivity contribution in [2.45, 2.75) is 90.4 Å². The summed E-state index contributed by atoms with van der Waals surface area (Å²) in [5.74, 6) is 6.08. The number of hydrogen-bond acceptors (Lipinski definition) is 1. The highest BCUT2D eigenvalue weighted by atomic mass is 16.5. The van der Waals surface area contributed by atoms with Crippen LogP contribution >= 0.6 is 0 Å². The van der Waals surface area contributed by atoms with E-state index < -0.39 is 0 Å². The summed E-state index contributed by atoms with van der Waals surface area (Å²) in [6, 6.07) is 6.79. The number of hydrogen-bond donors (Lipinski definition) is 0. The molecule has 0 radical (unpaired) electrons. The van der Waals surface area contributed by atoms with Crippen molar-refractivity contribution in [1.82, 2.24) is 0 Å². The van der Waals surface area contributed by atoms with Crippen LogP contribution in [0.15, 0.2) is 30.9 Å². The normalized spacial score (nSPS) is 31.6. The van der Waals surface area contributed by atoms with Crippen LogP contribution in [0.5, 0.6) is 5.75 Å². The van der Waals surface area contributed by atoms with Gasteiger partial charge < -0.3 is 4.74 Å². The van der Waals surface area contributed by atoms with Gasteiger partial charge in [-0.25, -0.2) is 0 Å². The second-order valence-electron chi connectivity index (χ2n) is 10.3. The Balaban J connectivity index is 1.29. The predicted octanol–water partition coefficient (Wildman–Crippen LogP) is 7.77. The summed E-state index contributed by atoms with van der Waals surface area (Å²) in [6.45, 7) is 6.68. The molecule has 2 fully saturated rings. The Labute approximate surface area is 179 Å². The SMILES string of the molecule is C=CCOc1ccc2c(c1)CCC(C1CCC3CC(CCCCC)CCC3C1)C2. The van der Waals surface area contributed by atoms with Gasteiger partial charge in [-0.2, -0.15) is 0 Å². The van der Waals surface area contributed by atoms with Gasteiger partial charge in [0.2, 0.25) is 0 Å². The molecule has 1 aromatic rings. The zero-order chi connectivity index (χ0) is 20.1. The summed E-state index contributed by atoms with van der Waals surface area (Å²) in [6.07, 6.45) is 20.7. The third-order valence-corrected chi connectivity index (χ3v) is 8.46. The van der Waals surface area contributed by atoms with Gasteiger partial charge in [-0.05, 0) is 104 Å². The van der Waals surface area contributed by atoms with Gasteiger partial charge in [0.05, 0.1) is 0 Å². The Morgan fingerprint density at radius 2 is 1.72 bits per heavy atom. The molecule has 3 aliphatic carbocycles. The van der Waals surface area contributed by atoms with Crippen LogP contribution in [0.3, 0.4) is 0 Å². The fourth-order valence-electron chi connectivity index (χ4n) is 6.80. The van der Waals surface area contributed by atoms with Crippen LogP contribution in [0.4, 0.5) is 0 Å². The molecule has 0 amide bonds. The Kier molecular flexibility index (Phi) is 7.38. The maximum Gasteiger partial charge on any atom is 0.120 e. The van der Waals surface area contributed by atoms with Gasteiger partial charge in [-0.3, -0.25) is 0 Å². The van der Waals surface area contributed by atoms with E-state index in [1.54, 1.807) is 12.0 Å². The Hall–Kier alpha value is -1.24. The molecule has 3 aliphatic rings. The first-order chi connectivity index (χ1) is 14.3. The standard InChI is InChI=1S/C28H42O/c1-3-5-6-7-21-8-9-23-18-24(11-10-22(23)17-21)25-12-13-27-20-28(29-16-4-2)15-14-26(27)19-25/h4,14-15,20-25H,2-3,5-13,16-19H2,1H3. The Morgan fingerprint density at radius 3 is 2.55 bits per heavy atom. The molecule has 1 heteroatoms. The second kappa shape index (κ2) is 10.2. The molecule has 0 bridgehead atoms. The van der Waals surface area contributed by atoms with Gasteiger partial charge in [0.1, 0.15) is 12.4 Å². The topological polar surface area (TPSA) is 9.23 Å². The van der Waals surface area contributed by atoms with Gasteiger partial charge >= 0.3 is 0 Å². The number of fused-ring (bicyclic) bond motifs is 2. The largest absolute Gasteiger partial charge is 0.490 e. The van der Waals surface area contributed by atoms with Crippen molar-refractivity contribution >= 4 is 0 Å². The van der Waals surface area contributed by atoms with Gasteiger partial charge in [0.25, 0.3) is 0 Å². The first kappa shape index (κ1) is 21.0. The predicted molar refractivity (Wildman–Crippen MR) is 123 cm³/mol. The van der Waals surface area contributed by atoms with Crippen molar-refractivity contribution in [2.75, 3.05) is 6.61 Å². The summed E-state index contributed by atoms with van der Waals surface area (Å²) >= 11 is 0. The van der Waals surface area contributed by atoms with E-state index in [0.29, 0.717) is 6.61 Å². The van der Waals surface area contributed by atoms with Crippen LogP contribution < -0.4 is 4.74 Å². The summed E-state index contributed by atoms with van der Waals surface area (Å²) < 4.78 is 5.74. The number of rotatable bonds is 8. The molecule has 1 nitrogen and oxygen atoms in total. The highest BCUT2D eigenvalue weighted by molar-refractivity contribution is 5.37. The molecule has 29 heavy (non-hydrogen) atoms. The molecule has 2 saturated carbocycles.